The lowest BCUT2D eigenvalue weighted by Crippen LogP contribution is -2.22. The van der Waals surface area contributed by atoms with Crippen LogP contribution in [0.2, 0.25) is 0 Å². The largest absolute Gasteiger partial charge is 0.324 e. The molecule has 13 heavy (non-hydrogen) atoms. The number of rotatable bonds is 3. The summed E-state index contributed by atoms with van der Waals surface area (Å²) in [7, 11) is 0. The van der Waals surface area contributed by atoms with Crippen LogP contribution in [-0.4, -0.2) is 18.7 Å². The van der Waals surface area contributed by atoms with Gasteiger partial charge in [-0.3, -0.25) is 9.59 Å². The Hall–Kier alpha value is -1.68. The number of carbonyl (C=O) groups is 2. The van der Waals surface area contributed by atoms with E-state index in [1.807, 2.05) is 0 Å². The predicted octanol–water partition coefficient (Wildman–Crippen LogP) is 0.396. The number of hydrogen-bond acceptors (Lipinski definition) is 3. The van der Waals surface area contributed by atoms with E-state index in [0.29, 0.717) is 17.5 Å². The standard InChI is InChI=1S/C9H10N2O2/c10-5-9(13)11-8-4-2-1-3-7(8)6-12/h1-4,6H,5,10H2,(H,11,13). The van der Waals surface area contributed by atoms with E-state index >= 15 is 0 Å². The highest BCUT2D eigenvalue weighted by Gasteiger charge is 2.02. The van der Waals surface area contributed by atoms with Crippen molar-refractivity contribution in [1.29, 1.82) is 0 Å². The van der Waals surface area contributed by atoms with E-state index in [1.54, 1.807) is 24.3 Å². The number of hydrogen-bond donors (Lipinski definition) is 2. The Bertz CT molecular complexity index is 323. The van der Waals surface area contributed by atoms with Gasteiger partial charge in [-0.05, 0) is 12.1 Å². The van der Waals surface area contributed by atoms with Crippen LogP contribution in [0.15, 0.2) is 24.3 Å². The molecule has 0 unspecified atom stereocenters. The number of nitrogens with two attached hydrogens (primary N) is 1. The van der Waals surface area contributed by atoms with Crippen LogP contribution >= 0.6 is 0 Å². The molecule has 0 atom stereocenters. The number of anilines is 1. The average Bonchev–Trinajstić information content (AvgIpc) is 2.18. The molecule has 1 aromatic rings. The molecule has 0 bridgehead atoms. The summed E-state index contributed by atoms with van der Waals surface area (Å²) in [4.78, 5) is 21.4. The van der Waals surface area contributed by atoms with E-state index in [2.05, 4.69) is 5.32 Å². The maximum atomic E-state index is 10.9. The lowest BCUT2D eigenvalue weighted by molar-refractivity contribution is -0.114. The Balaban J connectivity index is 2.87. The number of aldehydes is 1. The van der Waals surface area contributed by atoms with Crippen LogP contribution in [-0.2, 0) is 4.79 Å². The molecule has 3 N–H and O–H groups in total. The van der Waals surface area contributed by atoms with Crippen LogP contribution in [0.4, 0.5) is 5.69 Å². The van der Waals surface area contributed by atoms with E-state index < -0.39 is 0 Å². The van der Waals surface area contributed by atoms with Crippen molar-refractivity contribution < 1.29 is 9.59 Å². The molecule has 0 spiro atoms. The van der Waals surface area contributed by atoms with Crippen LogP contribution in [0.5, 0.6) is 0 Å². The molecule has 0 fully saturated rings. The van der Waals surface area contributed by atoms with Gasteiger partial charge in [-0.25, -0.2) is 0 Å². The molecule has 0 heterocycles. The van der Waals surface area contributed by atoms with Gasteiger partial charge in [0.25, 0.3) is 0 Å². The summed E-state index contributed by atoms with van der Waals surface area (Å²) in [5.41, 5.74) is 6.05. The first-order chi connectivity index (χ1) is 6.27. The topological polar surface area (TPSA) is 72.2 Å². The van der Waals surface area contributed by atoms with Gasteiger partial charge in [0.15, 0.2) is 6.29 Å². The van der Waals surface area contributed by atoms with Gasteiger partial charge in [0.1, 0.15) is 0 Å². The Labute approximate surface area is 75.7 Å². The molecule has 0 aliphatic carbocycles. The third-order valence-corrected chi connectivity index (χ3v) is 1.55. The molecule has 1 aromatic carbocycles. The van der Waals surface area contributed by atoms with Crippen molar-refractivity contribution in [1.82, 2.24) is 0 Å². The summed E-state index contributed by atoms with van der Waals surface area (Å²) in [6.45, 7) is -0.0901. The first-order valence-electron chi connectivity index (χ1n) is 3.82. The third-order valence-electron chi connectivity index (χ3n) is 1.55. The van der Waals surface area contributed by atoms with Crippen LogP contribution in [0.3, 0.4) is 0 Å². The van der Waals surface area contributed by atoms with Gasteiger partial charge in [0, 0.05) is 5.56 Å². The van der Waals surface area contributed by atoms with Crippen molar-refractivity contribution in [2.45, 2.75) is 0 Å². The van der Waals surface area contributed by atoms with Crippen molar-refractivity contribution in [2.75, 3.05) is 11.9 Å². The number of benzene rings is 1. The second kappa shape index (κ2) is 4.37. The SMILES string of the molecule is NCC(=O)Nc1ccccc1C=O. The summed E-state index contributed by atoms with van der Waals surface area (Å²) >= 11 is 0. The summed E-state index contributed by atoms with van der Waals surface area (Å²) in [6.07, 6.45) is 0.687. The molecule has 1 rings (SSSR count). The van der Waals surface area contributed by atoms with Gasteiger partial charge in [0.05, 0.1) is 12.2 Å². The smallest absolute Gasteiger partial charge is 0.238 e. The Morgan fingerprint density at radius 2 is 2.15 bits per heavy atom. The van der Waals surface area contributed by atoms with Gasteiger partial charge in [-0.15, -0.1) is 0 Å². The highest BCUT2D eigenvalue weighted by atomic mass is 16.1. The van der Waals surface area contributed by atoms with E-state index in [-0.39, 0.29) is 12.5 Å². The molecule has 0 saturated carbocycles. The quantitative estimate of drug-likeness (QED) is 0.658. The van der Waals surface area contributed by atoms with Gasteiger partial charge in [-0.1, -0.05) is 12.1 Å². The molecular formula is C9H10N2O2. The van der Waals surface area contributed by atoms with Gasteiger partial charge in [-0.2, -0.15) is 0 Å². The summed E-state index contributed by atoms with van der Waals surface area (Å²) in [5, 5.41) is 2.52. The zero-order valence-electron chi connectivity index (χ0n) is 6.99. The maximum Gasteiger partial charge on any atom is 0.238 e. The normalized spacial score (nSPS) is 9.31. The summed E-state index contributed by atoms with van der Waals surface area (Å²) < 4.78 is 0. The third kappa shape index (κ3) is 2.38. The Morgan fingerprint density at radius 1 is 1.46 bits per heavy atom. The fraction of sp³-hybridized carbons (Fsp3) is 0.111. The molecular weight excluding hydrogens is 168 g/mol. The van der Waals surface area contributed by atoms with Gasteiger partial charge in [0.2, 0.25) is 5.91 Å². The summed E-state index contributed by atoms with van der Waals surface area (Å²) in [5.74, 6) is -0.311. The highest BCUT2D eigenvalue weighted by molar-refractivity contribution is 5.97. The van der Waals surface area contributed by atoms with Crippen molar-refractivity contribution in [3.8, 4) is 0 Å². The zero-order valence-corrected chi connectivity index (χ0v) is 6.99. The zero-order chi connectivity index (χ0) is 9.68. The van der Waals surface area contributed by atoms with Crippen LogP contribution < -0.4 is 11.1 Å². The van der Waals surface area contributed by atoms with Crippen molar-refractivity contribution in [3.63, 3.8) is 0 Å². The second-order valence-electron chi connectivity index (χ2n) is 2.46. The number of para-hydroxylation sites is 1. The van der Waals surface area contributed by atoms with Crippen LogP contribution in [0.1, 0.15) is 10.4 Å². The van der Waals surface area contributed by atoms with Crippen LogP contribution in [0.25, 0.3) is 0 Å². The fourth-order valence-corrected chi connectivity index (χ4v) is 0.915. The molecule has 0 aliphatic rings. The van der Waals surface area contributed by atoms with Crippen molar-refractivity contribution in [2.24, 2.45) is 5.73 Å². The molecule has 1 amide bonds. The van der Waals surface area contributed by atoms with Crippen LogP contribution in [0, 0.1) is 0 Å². The number of carbonyl (C=O) groups excluding carboxylic acids is 2. The van der Waals surface area contributed by atoms with E-state index in [4.69, 9.17) is 5.73 Å². The lowest BCUT2D eigenvalue weighted by Gasteiger charge is -2.04. The lowest BCUT2D eigenvalue weighted by atomic mass is 10.2. The maximum absolute atomic E-state index is 10.9. The Kier molecular flexibility index (Phi) is 3.16. The molecule has 0 saturated heterocycles. The highest BCUT2D eigenvalue weighted by Crippen LogP contribution is 2.11. The second-order valence-corrected chi connectivity index (χ2v) is 2.46. The fourth-order valence-electron chi connectivity index (χ4n) is 0.915. The molecule has 68 valence electrons. The summed E-state index contributed by atoms with van der Waals surface area (Å²) in [6, 6.07) is 6.73. The van der Waals surface area contributed by atoms with E-state index in [1.165, 1.54) is 0 Å². The molecule has 0 radical (unpaired) electrons. The molecule has 4 heteroatoms. The minimum Gasteiger partial charge on any atom is -0.324 e. The monoisotopic (exact) mass is 178 g/mol. The Morgan fingerprint density at radius 3 is 2.77 bits per heavy atom. The van der Waals surface area contributed by atoms with Gasteiger partial charge < -0.3 is 11.1 Å². The average molecular weight is 178 g/mol. The van der Waals surface area contributed by atoms with Crippen molar-refractivity contribution in [3.05, 3.63) is 29.8 Å². The number of amides is 1. The first kappa shape index (κ1) is 9.41. The first-order valence-corrected chi connectivity index (χ1v) is 3.82. The molecule has 4 nitrogen and oxygen atoms in total. The van der Waals surface area contributed by atoms with Crippen molar-refractivity contribution >= 4 is 17.9 Å². The minimum absolute atomic E-state index is 0.0901. The van der Waals surface area contributed by atoms with Gasteiger partial charge >= 0.3 is 0 Å². The molecule has 0 aromatic heterocycles. The molecule has 0 aliphatic heterocycles. The number of nitrogens with one attached hydrogen (secondary N) is 1. The van der Waals surface area contributed by atoms with E-state index in [9.17, 15) is 9.59 Å². The van der Waals surface area contributed by atoms with E-state index in [0.717, 1.165) is 0 Å². The minimum atomic E-state index is -0.311. The predicted molar refractivity (Wildman–Crippen MR) is 49.5 cm³/mol.